The molecule has 0 aliphatic carbocycles. The first-order chi connectivity index (χ1) is 8.85. The van der Waals surface area contributed by atoms with Crippen molar-refractivity contribution in [3.63, 3.8) is 0 Å². The van der Waals surface area contributed by atoms with Crippen LogP contribution in [-0.4, -0.2) is 37.9 Å². The molecule has 6 heteroatoms. The lowest BCUT2D eigenvalue weighted by molar-refractivity contribution is 0.430. The summed E-state index contributed by atoms with van der Waals surface area (Å²) in [5, 5.41) is 0. The third-order valence-corrected chi connectivity index (χ3v) is 2.56. The van der Waals surface area contributed by atoms with Gasteiger partial charge in [0.05, 0.1) is 19.6 Å². The fourth-order valence-electron chi connectivity index (χ4n) is 1.67. The third-order valence-electron chi connectivity index (χ3n) is 2.56. The lowest BCUT2D eigenvalue weighted by atomic mass is 9.97. The van der Waals surface area contributed by atoms with E-state index in [0.29, 0.717) is 19.6 Å². The van der Waals surface area contributed by atoms with E-state index in [0.717, 1.165) is 32.1 Å². The minimum Gasteiger partial charge on any atom is -0.211 e. The van der Waals surface area contributed by atoms with Crippen LogP contribution in [0.25, 0.3) is 0 Å². The highest BCUT2D eigenvalue weighted by Crippen LogP contribution is 2.15. The van der Waals surface area contributed by atoms with Gasteiger partial charge in [0.25, 0.3) is 0 Å². The van der Waals surface area contributed by atoms with Crippen molar-refractivity contribution in [2.45, 2.75) is 32.1 Å². The molecule has 0 bridgehead atoms. The van der Waals surface area contributed by atoms with Crippen LogP contribution in [0, 0.1) is 5.92 Å². The van der Waals surface area contributed by atoms with Gasteiger partial charge in [0.2, 0.25) is 18.2 Å². The Morgan fingerprint density at radius 3 is 1.89 bits per heavy atom. The lowest BCUT2D eigenvalue weighted by Gasteiger charge is -2.12. The van der Waals surface area contributed by atoms with E-state index < -0.39 is 0 Å². The molecular formula is C12H17N3O3. The molecule has 0 spiro atoms. The van der Waals surface area contributed by atoms with Gasteiger partial charge in [-0.2, -0.15) is 0 Å². The van der Waals surface area contributed by atoms with Gasteiger partial charge >= 0.3 is 0 Å². The number of aliphatic imine (C=N–C) groups is 3. The molecule has 1 atom stereocenters. The Kier molecular flexibility index (Phi) is 11.8. The number of hydrogen-bond donors (Lipinski definition) is 0. The molecule has 0 unspecified atom stereocenters. The summed E-state index contributed by atoms with van der Waals surface area (Å²) in [6.07, 6.45) is 8.80. The van der Waals surface area contributed by atoms with Crippen LogP contribution < -0.4 is 0 Å². The van der Waals surface area contributed by atoms with Crippen molar-refractivity contribution < 1.29 is 14.4 Å². The SMILES string of the molecule is O=C=NCCCC[C@@H](CCCN=C=O)CN=C=O. The van der Waals surface area contributed by atoms with E-state index in [4.69, 9.17) is 0 Å². The summed E-state index contributed by atoms with van der Waals surface area (Å²) in [6.45, 7) is 1.40. The van der Waals surface area contributed by atoms with Gasteiger partial charge in [0.15, 0.2) is 0 Å². The molecule has 0 N–H and O–H groups in total. The summed E-state index contributed by atoms with van der Waals surface area (Å²) < 4.78 is 0. The number of hydrogen-bond acceptors (Lipinski definition) is 6. The van der Waals surface area contributed by atoms with Gasteiger partial charge in [-0.05, 0) is 31.6 Å². The number of rotatable bonds is 11. The predicted octanol–water partition coefficient (Wildman–Crippen LogP) is 1.56. The second-order valence-electron chi connectivity index (χ2n) is 3.88. The molecule has 6 nitrogen and oxygen atoms in total. The molecule has 18 heavy (non-hydrogen) atoms. The summed E-state index contributed by atoms with van der Waals surface area (Å²) >= 11 is 0. The molecular weight excluding hydrogens is 234 g/mol. The van der Waals surface area contributed by atoms with Crippen LogP contribution in [0.2, 0.25) is 0 Å². The minimum atomic E-state index is 0.286. The predicted molar refractivity (Wildman–Crippen MR) is 65.5 cm³/mol. The molecule has 0 aromatic carbocycles. The van der Waals surface area contributed by atoms with Crippen molar-refractivity contribution in [2.75, 3.05) is 19.6 Å². The van der Waals surface area contributed by atoms with Crippen LogP contribution in [0.15, 0.2) is 15.0 Å². The first-order valence-corrected chi connectivity index (χ1v) is 5.96. The summed E-state index contributed by atoms with van der Waals surface area (Å²) in [5.41, 5.74) is 0. The monoisotopic (exact) mass is 251 g/mol. The van der Waals surface area contributed by atoms with Gasteiger partial charge in [-0.1, -0.05) is 6.42 Å². The maximum absolute atomic E-state index is 10.1. The zero-order chi connectivity index (χ0) is 13.5. The average Bonchev–Trinajstić information content (AvgIpc) is 2.39. The number of carbonyl (C=O) groups excluding carboxylic acids is 3. The number of isocyanates is 3. The summed E-state index contributed by atoms with van der Waals surface area (Å²) in [5.74, 6) is 0.286. The van der Waals surface area contributed by atoms with Crippen molar-refractivity contribution in [3.05, 3.63) is 0 Å². The lowest BCUT2D eigenvalue weighted by Crippen LogP contribution is -2.06. The molecule has 98 valence electrons. The molecule has 0 aliphatic rings. The quantitative estimate of drug-likeness (QED) is 0.317. The van der Waals surface area contributed by atoms with Gasteiger partial charge < -0.3 is 0 Å². The molecule has 0 saturated heterocycles. The van der Waals surface area contributed by atoms with E-state index in [9.17, 15) is 14.4 Å². The van der Waals surface area contributed by atoms with Gasteiger partial charge in [-0.3, -0.25) is 0 Å². The van der Waals surface area contributed by atoms with Crippen molar-refractivity contribution in [1.82, 2.24) is 0 Å². The highest BCUT2D eigenvalue weighted by Gasteiger charge is 2.07. The molecule has 0 fully saturated rings. The normalized spacial score (nSPS) is 10.7. The fraction of sp³-hybridized carbons (Fsp3) is 0.750. The summed E-state index contributed by atoms with van der Waals surface area (Å²) in [6, 6.07) is 0. The van der Waals surface area contributed by atoms with Crippen LogP contribution in [0.1, 0.15) is 32.1 Å². The van der Waals surface area contributed by atoms with E-state index in [1.807, 2.05) is 0 Å². The van der Waals surface area contributed by atoms with Crippen LogP contribution in [0.3, 0.4) is 0 Å². The van der Waals surface area contributed by atoms with E-state index >= 15 is 0 Å². The number of nitrogens with zero attached hydrogens (tertiary/aromatic N) is 3. The van der Waals surface area contributed by atoms with Crippen LogP contribution >= 0.6 is 0 Å². The highest BCUT2D eigenvalue weighted by atomic mass is 16.1. The van der Waals surface area contributed by atoms with Crippen LogP contribution in [-0.2, 0) is 14.4 Å². The molecule has 0 radical (unpaired) electrons. The summed E-state index contributed by atoms with van der Waals surface area (Å²) in [7, 11) is 0. The van der Waals surface area contributed by atoms with Gasteiger partial charge in [0.1, 0.15) is 0 Å². The first kappa shape index (κ1) is 16.1. The highest BCUT2D eigenvalue weighted by molar-refractivity contribution is 5.33. The smallest absolute Gasteiger partial charge is 0.211 e. The van der Waals surface area contributed by atoms with Crippen LogP contribution in [0.5, 0.6) is 0 Å². The summed E-state index contributed by atoms with van der Waals surface area (Å²) in [4.78, 5) is 40.4. The third kappa shape index (κ3) is 10.7. The van der Waals surface area contributed by atoms with Crippen molar-refractivity contribution in [1.29, 1.82) is 0 Å². The fourth-order valence-corrected chi connectivity index (χ4v) is 1.67. The minimum absolute atomic E-state index is 0.286. The second-order valence-corrected chi connectivity index (χ2v) is 3.88. The van der Waals surface area contributed by atoms with Gasteiger partial charge in [-0.15, -0.1) is 0 Å². The van der Waals surface area contributed by atoms with Crippen molar-refractivity contribution >= 4 is 18.2 Å². The Morgan fingerprint density at radius 2 is 1.28 bits per heavy atom. The van der Waals surface area contributed by atoms with E-state index in [-0.39, 0.29) is 5.92 Å². The zero-order valence-corrected chi connectivity index (χ0v) is 10.3. The largest absolute Gasteiger partial charge is 0.234 e. The van der Waals surface area contributed by atoms with E-state index in [1.54, 1.807) is 0 Å². The topological polar surface area (TPSA) is 88.3 Å². The van der Waals surface area contributed by atoms with E-state index in [1.165, 1.54) is 18.2 Å². The Morgan fingerprint density at radius 1 is 0.722 bits per heavy atom. The molecule has 0 amide bonds. The Labute approximate surface area is 106 Å². The molecule has 0 saturated carbocycles. The van der Waals surface area contributed by atoms with Crippen molar-refractivity contribution in [3.8, 4) is 0 Å². The first-order valence-electron chi connectivity index (χ1n) is 5.96. The second kappa shape index (κ2) is 13.2. The molecule has 0 aromatic heterocycles. The number of unbranched alkanes of at least 4 members (excludes halogenated alkanes) is 1. The molecule has 0 aliphatic heterocycles. The molecule has 0 rings (SSSR count). The van der Waals surface area contributed by atoms with Crippen LogP contribution in [0.4, 0.5) is 0 Å². The Bertz CT molecular complexity index is 352. The molecule has 0 heterocycles. The zero-order valence-electron chi connectivity index (χ0n) is 10.3. The van der Waals surface area contributed by atoms with Gasteiger partial charge in [-0.25, -0.2) is 29.4 Å². The average molecular weight is 251 g/mol. The standard InChI is InChI=1S/C12H17N3O3/c16-9-13-6-2-1-4-12(8-15-11-18)5-3-7-14-10-17/h12H,1-8H2/t12-/m0/s1. The van der Waals surface area contributed by atoms with Crippen molar-refractivity contribution in [2.24, 2.45) is 20.9 Å². The van der Waals surface area contributed by atoms with Gasteiger partial charge in [0, 0.05) is 0 Å². The Balaban J connectivity index is 3.85. The maximum atomic E-state index is 10.1. The maximum Gasteiger partial charge on any atom is 0.234 e. The van der Waals surface area contributed by atoms with E-state index in [2.05, 4.69) is 15.0 Å². The Hall–Kier alpha value is -1.86. The molecule has 0 aromatic rings.